The van der Waals surface area contributed by atoms with Gasteiger partial charge >= 0.3 is 5.97 Å². The summed E-state index contributed by atoms with van der Waals surface area (Å²) < 4.78 is 4.89. The molecule has 0 atom stereocenters. The van der Waals surface area contributed by atoms with Gasteiger partial charge in [-0.3, -0.25) is 0 Å². The average molecular weight is 153 g/mol. The minimum Gasteiger partial charge on any atom is -0.461 e. The Morgan fingerprint density at radius 2 is 2.36 bits per heavy atom. The van der Waals surface area contributed by atoms with Crippen molar-refractivity contribution < 1.29 is 9.53 Å². The maximum absolute atomic E-state index is 10.9. The third-order valence-electron chi connectivity index (χ3n) is 1.20. The van der Waals surface area contributed by atoms with Gasteiger partial charge in [0.25, 0.3) is 0 Å². The average Bonchev–Trinajstić information content (AvgIpc) is 1.79. The van der Waals surface area contributed by atoms with E-state index >= 15 is 0 Å². The van der Waals surface area contributed by atoms with Crippen molar-refractivity contribution in [2.24, 2.45) is 10.9 Å². The summed E-state index contributed by atoms with van der Waals surface area (Å²) in [5.41, 5.74) is 0.422. The number of carbonyl (C=O) groups is 1. The fraction of sp³-hybridized carbons (Fsp3) is 0.500. The molecule has 1 heterocycles. The predicted octanol–water partition coefficient (Wildman–Crippen LogP) is 1.15. The van der Waals surface area contributed by atoms with E-state index in [-0.39, 0.29) is 5.97 Å². The number of hydrogen-bond acceptors (Lipinski definition) is 3. The van der Waals surface area contributed by atoms with Crippen LogP contribution in [0, 0.1) is 5.92 Å². The predicted molar refractivity (Wildman–Crippen MR) is 42.4 cm³/mol. The summed E-state index contributed by atoms with van der Waals surface area (Å²) in [6.07, 6.45) is 3.22. The van der Waals surface area contributed by atoms with E-state index in [0.29, 0.717) is 18.2 Å². The van der Waals surface area contributed by atoms with E-state index in [1.54, 1.807) is 12.3 Å². The molecule has 0 aromatic heterocycles. The number of rotatable bonds is 3. The topological polar surface area (TPSA) is 38.7 Å². The molecule has 3 nitrogen and oxygen atoms in total. The van der Waals surface area contributed by atoms with Crippen LogP contribution in [0.15, 0.2) is 17.3 Å². The van der Waals surface area contributed by atoms with Gasteiger partial charge in [0, 0.05) is 6.20 Å². The molecule has 1 rings (SSSR count). The van der Waals surface area contributed by atoms with E-state index in [2.05, 4.69) is 4.99 Å². The monoisotopic (exact) mass is 153 g/mol. The molecule has 0 spiro atoms. The van der Waals surface area contributed by atoms with E-state index in [0.717, 1.165) is 0 Å². The first-order chi connectivity index (χ1) is 5.20. The van der Waals surface area contributed by atoms with Crippen LogP contribution in [0.25, 0.3) is 0 Å². The number of carbonyl (C=O) groups excluding carboxylic acids is 1. The Morgan fingerprint density at radius 1 is 1.73 bits per heavy atom. The molecular formula is C8H11NO2. The first-order valence-electron chi connectivity index (χ1n) is 3.61. The molecule has 3 heteroatoms. The summed E-state index contributed by atoms with van der Waals surface area (Å²) in [6.45, 7) is 4.45. The molecule has 1 aliphatic heterocycles. The van der Waals surface area contributed by atoms with Crippen molar-refractivity contribution in [1.29, 1.82) is 0 Å². The van der Waals surface area contributed by atoms with Gasteiger partial charge in [-0.2, -0.15) is 0 Å². The highest BCUT2D eigenvalue weighted by atomic mass is 16.5. The molecule has 0 saturated heterocycles. The van der Waals surface area contributed by atoms with Gasteiger partial charge in [0.1, 0.15) is 5.71 Å². The van der Waals surface area contributed by atoms with Gasteiger partial charge in [0.2, 0.25) is 0 Å². The molecule has 11 heavy (non-hydrogen) atoms. The van der Waals surface area contributed by atoms with E-state index in [9.17, 15) is 4.79 Å². The van der Waals surface area contributed by atoms with Gasteiger partial charge in [-0.15, -0.1) is 0 Å². The molecule has 60 valence electrons. The van der Waals surface area contributed by atoms with Crippen molar-refractivity contribution in [3.8, 4) is 0 Å². The van der Waals surface area contributed by atoms with Gasteiger partial charge in [0.05, 0.1) is 6.61 Å². The lowest BCUT2D eigenvalue weighted by Gasteiger charge is -2.08. The third-order valence-corrected chi connectivity index (χ3v) is 1.20. The normalized spacial score (nSPS) is 14.3. The smallest absolute Gasteiger partial charge is 0.356 e. The van der Waals surface area contributed by atoms with E-state index in [1.165, 1.54) is 0 Å². The maximum atomic E-state index is 10.9. The second-order valence-electron chi connectivity index (χ2n) is 2.82. The zero-order chi connectivity index (χ0) is 8.27. The largest absolute Gasteiger partial charge is 0.461 e. The Labute approximate surface area is 65.8 Å². The van der Waals surface area contributed by atoms with Crippen LogP contribution >= 0.6 is 0 Å². The molecule has 0 amide bonds. The number of nitrogens with zero attached hydrogens (tertiary/aromatic N) is 1. The number of hydrogen-bond donors (Lipinski definition) is 0. The molecule has 0 fully saturated rings. The van der Waals surface area contributed by atoms with Gasteiger partial charge in [0.15, 0.2) is 0 Å². The zero-order valence-corrected chi connectivity index (χ0v) is 6.70. The highest BCUT2D eigenvalue weighted by molar-refractivity contribution is 6.43. The van der Waals surface area contributed by atoms with Crippen molar-refractivity contribution in [3.63, 3.8) is 0 Å². The zero-order valence-electron chi connectivity index (χ0n) is 6.70. The first-order valence-corrected chi connectivity index (χ1v) is 3.61. The molecular weight excluding hydrogens is 142 g/mol. The van der Waals surface area contributed by atoms with Gasteiger partial charge in [-0.1, -0.05) is 13.8 Å². The van der Waals surface area contributed by atoms with E-state index < -0.39 is 0 Å². The Balaban J connectivity index is 2.22. The second-order valence-corrected chi connectivity index (χ2v) is 2.82. The van der Waals surface area contributed by atoms with Crippen LogP contribution in [0.5, 0.6) is 0 Å². The van der Waals surface area contributed by atoms with Crippen molar-refractivity contribution in [1.82, 2.24) is 0 Å². The minimum absolute atomic E-state index is 0.318. The van der Waals surface area contributed by atoms with Gasteiger partial charge in [-0.05, 0) is 12.0 Å². The van der Waals surface area contributed by atoms with E-state index in [4.69, 9.17) is 4.74 Å². The summed E-state index contributed by atoms with van der Waals surface area (Å²) in [6, 6.07) is 0. The van der Waals surface area contributed by atoms with Gasteiger partial charge < -0.3 is 4.74 Å². The van der Waals surface area contributed by atoms with Crippen molar-refractivity contribution in [2.75, 3.05) is 6.61 Å². The van der Waals surface area contributed by atoms with Crippen LogP contribution in [0.3, 0.4) is 0 Å². The highest BCUT2D eigenvalue weighted by Crippen LogP contribution is 2.00. The van der Waals surface area contributed by atoms with Crippen LogP contribution in [0.2, 0.25) is 0 Å². The van der Waals surface area contributed by atoms with Crippen LogP contribution in [-0.2, 0) is 9.53 Å². The number of ether oxygens (including phenoxy) is 1. The molecule has 0 aromatic carbocycles. The molecule has 0 unspecified atom stereocenters. The standard InChI is InChI=1S/C8H11NO2/c1-6(2)5-11-8(10)7-3-4-9-7/h3-4,6H,5H2,1-2H3. The lowest BCUT2D eigenvalue weighted by atomic mass is 10.2. The molecule has 0 aromatic rings. The lowest BCUT2D eigenvalue weighted by Crippen LogP contribution is -2.20. The summed E-state index contributed by atoms with van der Waals surface area (Å²) in [5, 5.41) is 0. The second kappa shape index (κ2) is 3.32. The Bertz CT molecular complexity index is 216. The highest BCUT2D eigenvalue weighted by Gasteiger charge is 2.13. The Hall–Kier alpha value is -1.12. The van der Waals surface area contributed by atoms with Crippen molar-refractivity contribution in [3.05, 3.63) is 12.3 Å². The summed E-state index contributed by atoms with van der Waals surface area (Å²) in [4.78, 5) is 14.6. The fourth-order valence-corrected chi connectivity index (χ4v) is 0.586. The maximum Gasteiger partial charge on any atom is 0.356 e. The summed E-state index contributed by atoms with van der Waals surface area (Å²) >= 11 is 0. The Morgan fingerprint density at radius 3 is 2.73 bits per heavy atom. The minimum atomic E-state index is -0.318. The number of esters is 1. The van der Waals surface area contributed by atoms with Crippen molar-refractivity contribution >= 4 is 11.7 Å². The molecule has 0 bridgehead atoms. The van der Waals surface area contributed by atoms with E-state index in [1.807, 2.05) is 13.8 Å². The van der Waals surface area contributed by atoms with Crippen LogP contribution in [0.4, 0.5) is 0 Å². The molecule has 0 radical (unpaired) electrons. The molecule has 0 aliphatic carbocycles. The lowest BCUT2D eigenvalue weighted by molar-refractivity contribution is -0.136. The quantitative estimate of drug-likeness (QED) is 0.570. The number of aliphatic imine (C=N–C) groups is 1. The SMILES string of the molecule is CC(C)COC(=O)C1=NC=C1. The third kappa shape index (κ3) is 2.18. The fourth-order valence-electron chi connectivity index (χ4n) is 0.586. The first kappa shape index (κ1) is 7.98. The van der Waals surface area contributed by atoms with Crippen LogP contribution in [-0.4, -0.2) is 18.3 Å². The molecule has 0 saturated carbocycles. The van der Waals surface area contributed by atoms with Crippen molar-refractivity contribution in [2.45, 2.75) is 13.8 Å². The Kier molecular flexibility index (Phi) is 2.41. The summed E-state index contributed by atoms with van der Waals surface area (Å²) in [7, 11) is 0. The van der Waals surface area contributed by atoms with Crippen LogP contribution < -0.4 is 0 Å². The van der Waals surface area contributed by atoms with Crippen LogP contribution in [0.1, 0.15) is 13.8 Å². The summed E-state index contributed by atoms with van der Waals surface area (Å²) in [5.74, 6) is 0.0600. The van der Waals surface area contributed by atoms with Gasteiger partial charge in [-0.25, -0.2) is 9.79 Å². The molecule has 0 N–H and O–H groups in total. The molecule has 1 aliphatic rings.